The Balaban J connectivity index is 1.79. The van der Waals surface area contributed by atoms with E-state index in [2.05, 4.69) is 10.3 Å². The monoisotopic (exact) mass is 378 g/mol. The van der Waals surface area contributed by atoms with E-state index in [1.807, 2.05) is 41.5 Å². The Morgan fingerprint density at radius 2 is 2.07 bits per heavy atom. The van der Waals surface area contributed by atoms with Gasteiger partial charge in [-0.15, -0.1) is 0 Å². The molecule has 0 radical (unpaired) electrons. The van der Waals surface area contributed by atoms with Crippen LogP contribution >= 0.6 is 0 Å². The van der Waals surface area contributed by atoms with E-state index in [1.54, 1.807) is 23.9 Å². The number of carbonyl (C=O) groups excluding carboxylic acids is 1. The molecular formula is C21H21N5O2. The first kappa shape index (κ1) is 14.4. The smallest absolute Gasteiger partial charge is 0.258 e. The Morgan fingerprint density at radius 1 is 1.21 bits per heavy atom. The molecule has 7 nitrogen and oxygen atoms in total. The average molecular weight is 378 g/mol. The van der Waals surface area contributed by atoms with E-state index in [-0.39, 0.29) is 11.1 Å². The largest absolute Gasteiger partial charge is 0.368 e. The van der Waals surface area contributed by atoms with E-state index in [9.17, 15) is 9.59 Å². The maximum atomic E-state index is 12.8. The van der Waals surface area contributed by atoms with Crippen molar-refractivity contribution in [3.63, 3.8) is 0 Å². The number of hydrogen-bond donors (Lipinski definition) is 2. The minimum atomic E-state index is -2.61. The maximum Gasteiger partial charge on any atom is 0.258 e. The van der Waals surface area contributed by atoms with Gasteiger partial charge in [-0.2, -0.15) is 0 Å². The molecule has 0 aliphatic carbocycles. The van der Waals surface area contributed by atoms with Crippen molar-refractivity contribution in [2.24, 2.45) is 7.05 Å². The predicted octanol–water partition coefficient (Wildman–Crippen LogP) is 2.50. The zero-order valence-corrected chi connectivity index (χ0v) is 15.5. The zero-order valence-electron chi connectivity index (χ0n) is 18.5. The zero-order chi connectivity index (χ0) is 22.3. The van der Waals surface area contributed by atoms with Gasteiger partial charge >= 0.3 is 0 Å². The molecule has 0 bridgehead atoms. The van der Waals surface area contributed by atoms with Crippen LogP contribution in [0, 0.1) is 0 Å². The van der Waals surface area contributed by atoms with Crippen LogP contribution in [0.5, 0.6) is 0 Å². The van der Waals surface area contributed by atoms with Crippen molar-refractivity contribution in [3.05, 3.63) is 70.4 Å². The highest BCUT2D eigenvalue weighted by atomic mass is 16.1. The van der Waals surface area contributed by atoms with Crippen LogP contribution in [-0.4, -0.2) is 29.5 Å². The van der Waals surface area contributed by atoms with Crippen LogP contribution in [0.15, 0.2) is 53.7 Å². The number of pyridine rings is 2. The number of aromatic nitrogens is 2. The SMILES string of the molecule is [2H]C([2H])([2H])NC(=O)c1cnccc1Nc1cccc2c1N(C)Cc1ccn(C)c(=O)c1-2. The molecule has 1 aliphatic heterocycles. The summed E-state index contributed by atoms with van der Waals surface area (Å²) in [5.41, 5.74) is 4.32. The summed E-state index contributed by atoms with van der Waals surface area (Å²) in [5.74, 6) is -0.757. The number of fused-ring (bicyclic) bond motifs is 3. The standard InChI is InChI=1S/C21H21N5O2/c1-22-20(27)15-11-23-9-7-16(15)24-17-6-4-5-14-18-13(12-26(3)19(14)17)8-10-25(2)21(18)28/h4-11H,12H2,1-3H3,(H,22,27)(H,23,24)/i1D3. The van der Waals surface area contributed by atoms with Crippen LogP contribution in [0.4, 0.5) is 17.1 Å². The lowest BCUT2D eigenvalue weighted by atomic mass is 9.94. The fourth-order valence-electron chi connectivity index (χ4n) is 3.58. The summed E-state index contributed by atoms with van der Waals surface area (Å²) in [7, 11) is 3.65. The van der Waals surface area contributed by atoms with Crippen molar-refractivity contribution in [3.8, 4) is 11.1 Å². The molecule has 0 saturated carbocycles. The number of aryl methyl sites for hydroxylation is 1. The Hall–Kier alpha value is -3.61. The van der Waals surface area contributed by atoms with Gasteiger partial charge in [-0.3, -0.25) is 14.6 Å². The molecule has 0 saturated heterocycles. The summed E-state index contributed by atoms with van der Waals surface area (Å²) in [6, 6.07) is 9.12. The minimum absolute atomic E-state index is 0.0781. The van der Waals surface area contributed by atoms with Crippen molar-refractivity contribution in [1.82, 2.24) is 14.9 Å². The van der Waals surface area contributed by atoms with Crippen LogP contribution in [0.2, 0.25) is 0 Å². The average Bonchev–Trinajstić information content (AvgIpc) is 2.70. The number of anilines is 3. The lowest BCUT2D eigenvalue weighted by molar-refractivity contribution is 0.0963. The summed E-state index contributed by atoms with van der Waals surface area (Å²) in [5, 5.41) is 5.21. The second-order valence-electron chi connectivity index (χ2n) is 6.69. The first-order chi connectivity index (χ1) is 14.7. The van der Waals surface area contributed by atoms with E-state index < -0.39 is 12.9 Å². The van der Waals surface area contributed by atoms with Crippen LogP contribution in [0.1, 0.15) is 20.0 Å². The summed E-state index contributed by atoms with van der Waals surface area (Å²) in [6.07, 6.45) is 4.58. The quantitative estimate of drug-likeness (QED) is 0.732. The van der Waals surface area contributed by atoms with Crippen molar-refractivity contribution in [2.45, 2.75) is 6.54 Å². The predicted molar refractivity (Wildman–Crippen MR) is 110 cm³/mol. The third-order valence-electron chi connectivity index (χ3n) is 4.90. The van der Waals surface area contributed by atoms with Crippen LogP contribution < -0.4 is 21.1 Å². The van der Waals surface area contributed by atoms with Gasteiger partial charge in [0.05, 0.1) is 28.2 Å². The topological polar surface area (TPSA) is 79.3 Å². The van der Waals surface area contributed by atoms with Crippen molar-refractivity contribution < 1.29 is 8.91 Å². The number of rotatable bonds is 3. The summed E-state index contributed by atoms with van der Waals surface area (Å²) in [6.45, 7) is -2.06. The number of amides is 1. The van der Waals surface area contributed by atoms with E-state index in [4.69, 9.17) is 4.11 Å². The number of carbonyl (C=O) groups is 1. The second-order valence-corrected chi connectivity index (χ2v) is 6.69. The van der Waals surface area contributed by atoms with Crippen LogP contribution in [-0.2, 0) is 13.6 Å². The highest BCUT2D eigenvalue weighted by molar-refractivity contribution is 6.01. The van der Waals surface area contributed by atoms with Crippen molar-refractivity contribution >= 4 is 23.0 Å². The van der Waals surface area contributed by atoms with E-state index in [0.717, 1.165) is 16.8 Å². The Bertz CT molecular complexity index is 1240. The number of hydrogen-bond acceptors (Lipinski definition) is 5. The van der Waals surface area contributed by atoms with Crippen molar-refractivity contribution in [1.29, 1.82) is 0 Å². The molecule has 1 aromatic carbocycles. The van der Waals surface area contributed by atoms with E-state index in [1.165, 1.54) is 12.4 Å². The van der Waals surface area contributed by atoms with Crippen molar-refractivity contribution in [2.75, 3.05) is 24.2 Å². The minimum Gasteiger partial charge on any atom is -0.368 e. The molecule has 7 heteroatoms. The van der Waals surface area contributed by atoms with Crippen LogP contribution in [0.25, 0.3) is 11.1 Å². The molecule has 0 unspecified atom stereocenters. The summed E-state index contributed by atoms with van der Waals surface area (Å²) in [4.78, 5) is 31.3. The van der Waals surface area contributed by atoms with Gasteiger partial charge < -0.3 is 20.1 Å². The molecule has 4 rings (SSSR count). The molecular weight excluding hydrogens is 354 g/mol. The molecule has 1 amide bonds. The van der Waals surface area contributed by atoms with Gasteiger partial charge in [0.2, 0.25) is 0 Å². The van der Waals surface area contributed by atoms with Gasteiger partial charge in [0.1, 0.15) is 0 Å². The third kappa shape index (κ3) is 2.81. The normalized spacial score (nSPS) is 14.2. The molecule has 142 valence electrons. The van der Waals surface area contributed by atoms with Gasteiger partial charge in [0.25, 0.3) is 11.5 Å². The van der Waals surface area contributed by atoms with Gasteiger partial charge in [-0.25, -0.2) is 0 Å². The number of para-hydroxylation sites is 1. The van der Waals surface area contributed by atoms with Gasteiger partial charge in [-0.05, 0) is 23.8 Å². The fraction of sp³-hybridized carbons (Fsp3) is 0.190. The Morgan fingerprint density at radius 3 is 2.89 bits per heavy atom. The van der Waals surface area contributed by atoms with Gasteiger partial charge in [0.15, 0.2) is 0 Å². The molecule has 28 heavy (non-hydrogen) atoms. The number of nitrogens with one attached hydrogen (secondary N) is 2. The molecule has 0 spiro atoms. The molecule has 0 atom stereocenters. The molecule has 1 aliphatic rings. The first-order valence-electron chi connectivity index (χ1n) is 10.2. The van der Waals surface area contributed by atoms with Gasteiger partial charge in [-0.1, -0.05) is 12.1 Å². The molecule has 2 aromatic heterocycles. The Labute approximate surface area is 166 Å². The number of benzene rings is 1. The molecule has 0 fully saturated rings. The van der Waals surface area contributed by atoms with E-state index in [0.29, 0.717) is 23.5 Å². The molecule has 3 heterocycles. The Kier molecular flexibility index (Phi) is 3.53. The summed E-state index contributed by atoms with van der Waals surface area (Å²) < 4.78 is 23.4. The lowest BCUT2D eigenvalue weighted by Crippen LogP contribution is -2.29. The second kappa shape index (κ2) is 6.84. The third-order valence-corrected chi connectivity index (χ3v) is 4.90. The number of nitrogens with zero attached hydrogens (tertiary/aromatic N) is 3. The van der Waals surface area contributed by atoms with E-state index >= 15 is 0 Å². The highest BCUT2D eigenvalue weighted by Gasteiger charge is 2.25. The fourth-order valence-corrected chi connectivity index (χ4v) is 3.58. The molecule has 3 aromatic rings. The molecule has 2 N–H and O–H groups in total. The first-order valence-corrected chi connectivity index (χ1v) is 8.72. The highest BCUT2D eigenvalue weighted by Crippen LogP contribution is 2.42. The van der Waals surface area contributed by atoms with Crippen LogP contribution in [0.3, 0.4) is 0 Å². The lowest BCUT2D eigenvalue weighted by Gasteiger charge is -2.31. The maximum absolute atomic E-state index is 12.8. The van der Waals surface area contributed by atoms with Gasteiger partial charge in [0, 0.05) is 55.9 Å². The summed E-state index contributed by atoms with van der Waals surface area (Å²) >= 11 is 0.